The first-order chi connectivity index (χ1) is 27.0. The Morgan fingerprint density at radius 3 is 2.10 bits per heavy atom. The van der Waals surface area contributed by atoms with Crippen LogP contribution in [0.1, 0.15) is 99.3 Å². The van der Waals surface area contributed by atoms with Gasteiger partial charge in [-0.1, -0.05) is 53.2 Å². The number of ether oxygens (including phenoxy) is 4. The molecule has 2 heterocycles. The third-order valence-electron chi connectivity index (χ3n) is 17.2. The number of hydrogen-bond acceptors (Lipinski definition) is 14. The fourth-order valence-corrected chi connectivity index (χ4v) is 13.6. The molecule has 2 aliphatic heterocycles. The van der Waals surface area contributed by atoms with E-state index in [9.17, 15) is 60.3 Å². The molecule has 5 aliphatic carbocycles. The third kappa shape index (κ3) is 6.21. The second kappa shape index (κ2) is 14.8. The van der Waals surface area contributed by atoms with Crippen LogP contribution in [0.25, 0.3) is 0 Å². The van der Waals surface area contributed by atoms with Crippen LogP contribution in [-0.2, 0) is 33.3 Å². The van der Waals surface area contributed by atoms with E-state index in [0.29, 0.717) is 57.8 Å². The SMILES string of the molecule is CC1(C)CC[C@]2(C(=O)O)[C@H](O)C[C@]3(C)C(=CC[C@H]4[C@@]5(C)CC[C@H](O[C@@H]6O[C@H](C(=O)O)[C@@H](O)[C@H](O)[C@H]6O[C@@H]6O[C@H](CO)[C@H](O)[C@H](O)[C@H]6O)[C@@](C)(C=O)[C@H]5CC[C@]43C)[C@@H]2C1. The first kappa shape index (κ1) is 44.0. The topological polar surface area (TPSA) is 270 Å². The number of fused-ring (bicyclic) bond motifs is 7. The largest absolute Gasteiger partial charge is 0.481 e. The number of aldehydes is 1. The number of carboxylic acid groups (broad SMARTS) is 2. The van der Waals surface area contributed by atoms with Gasteiger partial charge >= 0.3 is 11.9 Å². The number of hydrogen-bond donors (Lipinski definition) is 9. The average molecular weight is 825 g/mol. The summed E-state index contributed by atoms with van der Waals surface area (Å²) in [4.78, 5) is 38.8. The smallest absolute Gasteiger partial charge is 0.335 e. The molecule has 0 bridgehead atoms. The maximum absolute atomic E-state index is 13.5. The predicted octanol–water partition coefficient (Wildman–Crippen LogP) is 1.12. The molecule has 16 heteroatoms. The van der Waals surface area contributed by atoms with E-state index in [4.69, 9.17) is 18.9 Å². The van der Waals surface area contributed by atoms with Gasteiger partial charge < -0.3 is 69.7 Å². The van der Waals surface area contributed by atoms with Crippen molar-refractivity contribution in [2.75, 3.05) is 6.61 Å². The molecule has 6 fully saturated rings. The Labute approximate surface area is 338 Å². The zero-order chi connectivity index (χ0) is 42.7. The quantitative estimate of drug-likeness (QED) is 0.0943. The van der Waals surface area contributed by atoms with Crippen LogP contribution in [0.3, 0.4) is 0 Å². The Bertz CT molecular complexity index is 1650. The van der Waals surface area contributed by atoms with E-state index in [-0.39, 0.29) is 28.6 Å². The van der Waals surface area contributed by atoms with Crippen LogP contribution in [-0.4, -0.2) is 144 Å². The van der Waals surface area contributed by atoms with Crippen molar-refractivity contribution in [1.29, 1.82) is 0 Å². The highest BCUT2D eigenvalue weighted by Crippen LogP contribution is 2.76. The number of allylic oxidation sites excluding steroid dienone is 2. The van der Waals surface area contributed by atoms with Crippen molar-refractivity contribution in [3.8, 4) is 0 Å². The number of aliphatic hydroxyl groups is 7. The van der Waals surface area contributed by atoms with Crippen molar-refractivity contribution in [2.45, 2.75) is 173 Å². The highest BCUT2D eigenvalue weighted by Gasteiger charge is 2.72. The summed E-state index contributed by atoms with van der Waals surface area (Å²) in [5.74, 6) is -3.07. The second-order valence-electron chi connectivity index (χ2n) is 20.5. The van der Waals surface area contributed by atoms with Crippen molar-refractivity contribution in [3.05, 3.63) is 11.6 Å². The highest BCUT2D eigenvalue weighted by atomic mass is 16.8. The summed E-state index contributed by atoms with van der Waals surface area (Å²) < 4.78 is 23.6. The first-order valence-corrected chi connectivity index (χ1v) is 20.9. The molecule has 0 amide bonds. The summed E-state index contributed by atoms with van der Waals surface area (Å²) in [6.45, 7) is 12.1. The Hall–Kier alpha value is -2.09. The van der Waals surface area contributed by atoms with Gasteiger partial charge in [-0.25, -0.2) is 4.79 Å². The molecule has 328 valence electrons. The summed E-state index contributed by atoms with van der Waals surface area (Å²) in [5, 5.41) is 95.7. The van der Waals surface area contributed by atoms with E-state index < -0.39 is 114 Å². The number of carbonyl (C=O) groups is 3. The maximum Gasteiger partial charge on any atom is 0.335 e. The average Bonchev–Trinajstić information content (AvgIpc) is 3.15. The lowest BCUT2D eigenvalue weighted by Gasteiger charge is -2.71. The minimum Gasteiger partial charge on any atom is -0.481 e. The van der Waals surface area contributed by atoms with E-state index in [2.05, 4.69) is 40.7 Å². The van der Waals surface area contributed by atoms with Gasteiger partial charge in [0.05, 0.1) is 24.2 Å². The molecule has 0 spiro atoms. The molecule has 0 aromatic rings. The van der Waals surface area contributed by atoms with Crippen molar-refractivity contribution in [1.82, 2.24) is 0 Å². The molecule has 7 aliphatic rings. The monoisotopic (exact) mass is 824 g/mol. The van der Waals surface area contributed by atoms with Crippen molar-refractivity contribution in [3.63, 3.8) is 0 Å². The number of aliphatic carboxylic acids is 2. The van der Waals surface area contributed by atoms with E-state index in [1.165, 1.54) is 0 Å². The molecule has 16 nitrogen and oxygen atoms in total. The van der Waals surface area contributed by atoms with Crippen LogP contribution >= 0.6 is 0 Å². The minimum absolute atomic E-state index is 0.0374. The molecule has 0 unspecified atom stereocenters. The van der Waals surface area contributed by atoms with Gasteiger partial charge in [0.15, 0.2) is 18.7 Å². The molecule has 0 radical (unpaired) electrons. The van der Waals surface area contributed by atoms with E-state index >= 15 is 0 Å². The zero-order valence-corrected chi connectivity index (χ0v) is 34.3. The van der Waals surface area contributed by atoms with Crippen LogP contribution in [0.4, 0.5) is 0 Å². The Kier molecular flexibility index (Phi) is 11.2. The van der Waals surface area contributed by atoms with Crippen LogP contribution in [0.5, 0.6) is 0 Å². The summed E-state index contributed by atoms with van der Waals surface area (Å²) >= 11 is 0. The fraction of sp³-hybridized carbons (Fsp3) is 0.881. The van der Waals surface area contributed by atoms with E-state index in [1.807, 2.05) is 0 Å². The van der Waals surface area contributed by atoms with Crippen LogP contribution in [0.15, 0.2) is 11.6 Å². The number of rotatable bonds is 8. The van der Waals surface area contributed by atoms with Gasteiger partial charge in [0.25, 0.3) is 0 Å². The molecular formula is C42H64O16. The summed E-state index contributed by atoms with van der Waals surface area (Å²) in [5.41, 5.74) is -2.70. The lowest BCUT2D eigenvalue weighted by atomic mass is 9.33. The Morgan fingerprint density at radius 1 is 0.793 bits per heavy atom. The second-order valence-corrected chi connectivity index (χ2v) is 20.5. The van der Waals surface area contributed by atoms with E-state index in [0.717, 1.165) is 11.9 Å². The van der Waals surface area contributed by atoms with Gasteiger partial charge in [0.2, 0.25) is 0 Å². The molecule has 2 saturated heterocycles. The molecule has 0 aromatic heterocycles. The Balaban J connectivity index is 1.19. The molecule has 7 rings (SSSR count). The number of carboxylic acids is 2. The van der Waals surface area contributed by atoms with Crippen LogP contribution in [0.2, 0.25) is 0 Å². The molecule has 20 atom stereocenters. The fourth-order valence-electron chi connectivity index (χ4n) is 13.6. The lowest BCUT2D eigenvalue weighted by molar-refractivity contribution is -0.373. The third-order valence-corrected chi connectivity index (χ3v) is 17.2. The van der Waals surface area contributed by atoms with Crippen LogP contribution < -0.4 is 0 Å². The summed E-state index contributed by atoms with van der Waals surface area (Å²) in [6, 6.07) is 0. The van der Waals surface area contributed by atoms with E-state index in [1.54, 1.807) is 6.92 Å². The minimum atomic E-state index is -2.03. The molecule has 58 heavy (non-hydrogen) atoms. The van der Waals surface area contributed by atoms with Gasteiger partial charge in [0.1, 0.15) is 54.4 Å². The Morgan fingerprint density at radius 2 is 1.48 bits per heavy atom. The molecular weight excluding hydrogens is 760 g/mol. The van der Waals surface area contributed by atoms with Gasteiger partial charge in [-0.3, -0.25) is 4.79 Å². The van der Waals surface area contributed by atoms with Gasteiger partial charge in [0, 0.05) is 0 Å². The van der Waals surface area contributed by atoms with Gasteiger partial charge in [-0.05, 0) is 97.2 Å². The number of carbonyl (C=O) groups excluding carboxylic acids is 1. The predicted molar refractivity (Wildman–Crippen MR) is 200 cm³/mol. The lowest BCUT2D eigenvalue weighted by Crippen LogP contribution is -2.68. The zero-order valence-electron chi connectivity index (χ0n) is 34.3. The summed E-state index contributed by atoms with van der Waals surface area (Å²) in [7, 11) is 0. The summed E-state index contributed by atoms with van der Waals surface area (Å²) in [6.07, 6.45) is -11.9. The molecule has 0 aromatic carbocycles. The maximum atomic E-state index is 13.5. The first-order valence-electron chi connectivity index (χ1n) is 20.9. The molecule has 9 N–H and O–H groups in total. The van der Waals surface area contributed by atoms with Crippen LogP contribution in [0, 0.1) is 50.2 Å². The van der Waals surface area contributed by atoms with Crippen molar-refractivity contribution in [2.24, 2.45) is 50.2 Å². The van der Waals surface area contributed by atoms with Gasteiger partial charge in [-0.2, -0.15) is 0 Å². The highest BCUT2D eigenvalue weighted by molar-refractivity contribution is 5.77. The number of aliphatic hydroxyl groups excluding tert-OH is 7. The standard InChI is InChI=1S/C42H64O16/c1-37(2)13-14-42(36(53)54)20(15-37)19-7-8-23-38(3)11-10-25(39(4,18-44)22(38)9-12-40(23,5)41(19,6)16-24(42)45)56-35-32(29(49)28(48)31(57-35)33(51)52)58-34-30(50)27(47)26(46)21(17-43)55-34/h7,18,20-32,34-35,43,45-50H,8-17H2,1-6H3,(H,51,52)(H,53,54)/t20-,21+,22-,23-,24+,25-,26-,27-,28-,29-,30+,31-,32+,34-,35+,38-,39-,40+,41+,42+/m0/s1. The van der Waals surface area contributed by atoms with Crippen molar-refractivity contribution < 1.29 is 79.3 Å². The molecule has 4 saturated carbocycles. The van der Waals surface area contributed by atoms with Gasteiger partial charge in [-0.15, -0.1) is 0 Å². The van der Waals surface area contributed by atoms with Crippen molar-refractivity contribution >= 4 is 18.2 Å². The normalized spacial score (nSPS) is 53.8.